The molecule has 10 heteroatoms. The zero-order valence-electron chi connectivity index (χ0n) is 12.3. The van der Waals surface area contributed by atoms with E-state index in [9.17, 15) is 23.3 Å². The SMILES string of the molecule is Cc1c(NS(=O)(=O)c2ccc(Cl)c([N+](=O)[O-])c2)cccc1C(N)=O. The molecule has 0 saturated heterocycles. The summed E-state index contributed by atoms with van der Waals surface area (Å²) in [7, 11) is -4.12. The maximum absolute atomic E-state index is 12.4. The van der Waals surface area contributed by atoms with Crippen LogP contribution in [0, 0.1) is 17.0 Å². The van der Waals surface area contributed by atoms with Crippen molar-refractivity contribution in [1.29, 1.82) is 0 Å². The molecule has 0 aliphatic carbocycles. The molecule has 0 aromatic heterocycles. The van der Waals surface area contributed by atoms with Gasteiger partial charge < -0.3 is 5.73 Å². The first-order valence-electron chi connectivity index (χ1n) is 6.49. The Labute approximate surface area is 142 Å². The highest BCUT2D eigenvalue weighted by atomic mass is 35.5. The lowest BCUT2D eigenvalue weighted by Crippen LogP contribution is -2.17. The van der Waals surface area contributed by atoms with Crippen molar-refractivity contribution in [2.75, 3.05) is 4.72 Å². The molecule has 0 atom stereocenters. The van der Waals surface area contributed by atoms with E-state index in [0.717, 1.165) is 18.2 Å². The molecule has 0 bridgehead atoms. The molecule has 0 fully saturated rings. The summed E-state index contributed by atoms with van der Waals surface area (Å²) in [6.07, 6.45) is 0. The number of hydrogen-bond donors (Lipinski definition) is 2. The van der Waals surface area contributed by atoms with Crippen molar-refractivity contribution in [1.82, 2.24) is 0 Å². The summed E-state index contributed by atoms with van der Waals surface area (Å²) in [5, 5.41) is 10.7. The largest absolute Gasteiger partial charge is 0.366 e. The molecule has 0 heterocycles. The summed E-state index contributed by atoms with van der Waals surface area (Å²) in [6, 6.07) is 7.51. The van der Waals surface area contributed by atoms with Gasteiger partial charge in [0.15, 0.2) is 0 Å². The second-order valence-electron chi connectivity index (χ2n) is 4.82. The van der Waals surface area contributed by atoms with Gasteiger partial charge in [-0.2, -0.15) is 0 Å². The Bertz CT molecular complexity index is 943. The number of nitro benzene ring substituents is 1. The number of nitro groups is 1. The van der Waals surface area contributed by atoms with Crippen molar-refractivity contribution in [3.05, 3.63) is 62.7 Å². The predicted octanol–water partition coefficient (Wildman–Crippen LogP) is 2.46. The molecule has 126 valence electrons. The van der Waals surface area contributed by atoms with Crippen LogP contribution in [0.4, 0.5) is 11.4 Å². The van der Waals surface area contributed by atoms with Crippen LogP contribution in [-0.2, 0) is 10.0 Å². The molecule has 0 unspecified atom stereocenters. The molecule has 1 amide bonds. The standard InChI is InChI=1S/C14H12ClN3O5S/c1-8-10(14(16)19)3-2-4-12(8)17-24(22,23)9-5-6-11(15)13(7-9)18(20)21/h2-7,17H,1H3,(H2,16,19). The fourth-order valence-electron chi connectivity index (χ4n) is 2.02. The summed E-state index contributed by atoms with van der Waals surface area (Å²) in [6.45, 7) is 1.53. The molecule has 3 N–H and O–H groups in total. The van der Waals surface area contributed by atoms with Crippen molar-refractivity contribution in [2.45, 2.75) is 11.8 Å². The summed E-state index contributed by atoms with van der Waals surface area (Å²) >= 11 is 5.67. The van der Waals surface area contributed by atoms with E-state index in [1.165, 1.54) is 25.1 Å². The number of nitrogens with one attached hydrogen (secondary N) is 1. The van der Waals surface area contributed by atoms with Gasteiger partial charge in [-0.1, -0.05) is 17.7 Å². The average molecular weight is 370 g/mol. The molecule has 2 aromatic rings. The number of carbonyl (C=O) groups excluding carboxylic acids is 1. The van der Waals surface area contributed by atoms with Crippen LogP contribution in [0.3, 0.4) is 0 Å². The van der Waals surface area contributed by atoms with Gasteiger partial charge in [0.05, 0.1) is 15.5 Å². The van der Waals surface area contributed by atoms with Gasteiger partial charge in [-0.3, -0.25) is 19.6 Å². The molecular weight excluding hydrogens is 358 g/mol. The van der Waals surface area contributed by atoms with Crippen LogP contribution in [0.25, 0.3) is 0 Å². The Balaban J connectivity index is 2.47. The van der Waals surface area contributed by atoms with Gasteiger partial charge in [0.1, 0.15) is 5.02 Å². The number of nitrogens with two attached hydrogens (primary N) is 1. The van der Waals surface area contributed by atoms with E-state index in [0.29, 0.717) is 5.56 Å². The van der Waals surface area contributed by atoms with Crippen LogP contribution in [0.15, 0.2) is 41.3 Å². The first kappa shape index (κ1) is 17.7. The van der Waals surface area contributed by atoms with Gasteiger partial charge in [0.25, 0.3) is 15.7 Å². The van der Waals surface area contributed by atoms with Gasteiger partial charge in [0.2, 0.25) is 5.91 Å². The smallest absolute Gasteiger partial charge is 0.289 e. The zero-order chi connectivity index (χ0) is 18.1. The fraction of sp³-hybridized carbons (Fsp3) is 0.0714. The normalized spacial score (nSPS) is 11.1. The minimum atomic E-state index is -4.12. The summed E-state index contributed by atoms with van der Waals surface area (Å²) < 4.78 is 27.1. The Morgan fingerprint density at radius 3 is 2.54 bits per heavy atom. The van der Waals surface area contributed by atoms with E-state index in [-0.39, 0.29) is 21.2 Å². The third-order valence-corrected chi connectivity index (χ3v) is 4.95. The topological polar surface area (TPSA) is 132 Å². The van der Waals surface area contributed by atoms with Gasteiger partial charge in [0, 0.05) is 11.6 Å². The Hall–Kier alpha value is -2.65. The molecule has 0 aliphatic rings. The second kappa shape index (κ2) is 6.46. The Morgan fingerprint density at radius 1 is 1.29 bits per heavy atom. The quantitative estimate of drug-likeness (QED) is 0.617. The maximum atomic E-state index is 12.4. The minimum absolute atomic E-state index is 0.143. The molecule has 24 heavy (non-hydrogen) atoms. The third-order valence-electron chi connectivity index (χ3n) is 3.27. The predicted molar refractivity (Wildman–Crippen MR) is 88.6 cm³/mol. The highest BCUT2D eigenvalue weighted by Crippen LogP contribution is 2.29. The lowest BCUT2D eigenvalue weighted by atomic mass is 10.1. The molecule has 0 radical (unpaired) electrons. The van der Waals surface area contributed by atoms with Crippen molar-refractivity contribution in [3.63, 3.8) is 0 Å². The molecular formula is C14H12ClN3O5S. The van der Waals surface area contributed by atoms with Gasteiger partial charge >= 0.3 is 0 Å². The zero-order valence-corrected chi connectivity index (χ0v) is 13.9. The van der Waals surface area contributed by atoms with Crippen molar-refractivity contribution >= 4 is 38.9 Å². The first-order valence-corrected chi connectivity index (χ1v) is 8.36. The molecule has 0 saturated carbocycles. The van der Waals surface area contributed by atoms with Crippen LogP contribution in [0.1, 0.15) is 15.9 Å². The van der Waals surface area contributed by atoms with E-state index in [2.05, 4.69) is 4.72 Å². The first-order chi connectivity index (χ1) is 11.1. The summed E-state index contributed by atoms with van der Waals surface area (Å²) in [5.74, 6) is -0.698. The van der Waals surface area contributed by atoms with Gasteiger partial charge in [-0.25, -0.2) is 8.42 Å². The highest BCUT2D eigenvalue weighted by Gasteiger charge is 2.22. The van der Waals surface area contributed by atoms with Crippen LogP contribution in [-0.4, -0.2) is 19.2 Å². The van der Waals surface area contributed by atoms with Crippen molar-refractivity contribution in [2.24, 2.45) is 5.73 Å². The van der Waals surface area contributed by atoms with E-state index >= 15 is 0 Å². The van der Waals surface area contributed by atoms with Gasteiger partial charge in [-0.05, 0) is 36.8 Å². The van der Waals surface area contributed by atoms with Crippen LogP contribution < -0.4 is 10.5 Å². The number of nitrogens with zero attached hydrogens (tertiary/aromatic N) is 1. The molecule has 0 aliphatic heterocycles. The molecule has 2 aromatic carbocycles. The van der Waals surface area contributed by atoms with Crippen molar-refractivity contribution in [3.8, 4) is 0 Å². The number of benzene rings is 2. The number of rotatable bonds is 5. The average Bonchev–Trinajstić information content (AvgIpc) is 2.48. The highest BCUT2D eigenvalue weighted by molar-refractivity contribution is 7.92. The number of hydrogen-bond acceptors (Lipinski definition) is 5. The summed E-state index contributed by atoms with van der Waals surface area (Å²) in [5.41, 5.74) is 5.35. The number of halogens is 1. The molecule has 0 spiro atoms. The lowest BCUT2D eigenvalue weighted by Gasteiger charge is -2.12. The van der Waals surface area contributed by atoms with E-state index < -0.39 is 26.5 Å². The lowest BCUT2D eigenvalue weighted by molar-refractivity contribution is -0.384. The Kier molecular flexibility index (Phi) is 4.76. The van der Waals surface area contributed by atoms with Crippen molar-refractivity contribution < 1.29 is 18.1 Å². The van der Waals surface area contributed by atoms with E-state index in [1.807, 2.05) is 0 Å². The molecule has 8 nitrogen and oxygen atoms in total. The minimum Gasteiger partial charge on any atom is -0.366 e. The van der Waals surface area contributed by atoms with Crippen LogP contribution >= 0.6 is 11.6 Å². The number of amides is 1. The van der Waals surface area contributed by atoms with E-state index in [1.54, 1.807) is 0 Å². The number of anilines is 1. The fourth-order valence-corrected chi connectivity index (χ4v) is 3.35. The van der Waals surface area contributed by atoms with Gasteiger partial charge in [-0.15, -0.1) is 0 Å². The number of carbonyl (C=O) groups is 1. The second-order valence-corrected chi connectivity index (χ2v) is 6.91. The molecule has 2 rings (SSSR count). The summed E-state index contributed by atoms with van der Waals surface area (Å²) in [4.78, 5) is 21.1. The van der Waals surface area contributed by atoms with Crippen LogP contribution in [0.2, 0.25) is 5.02 Å². The van der Waals surface area contributed by atoms with E-state index in [4.69, 9.17) is 17.3 Å². The third kappa shape index (κ3) is 3.47. The number of sulfonamides is 1. The Morgan fingerprint density at radius 2 is 1.96 bits per heavy atom. The maximum Gasteiger partial charge on any atom is 0.289 e. The monoisotopic (exact) mass is 369 g/mol. The number of primary amides is 1. The van der Waals surface area contributed by atoms with Crippen LogP contribution in [0.5, 0.6) is 0 Å².